The van der Waals surface area contributed by atoms with Crippen LogP contribution < -0.4 is 10.9 Å². The van der Waals surface area contributed by atoms with Crippen LogP contribution in [-0.2, 0) is 6.54 Å². The number of aromatic nitrogens is 3. The lowest BCUT2D eigenvalue weighted by Crippen LogP contribution is -2.29. The van der Waals surface area contributed by atoms with Gasteiger partial charge in [0, 0.05) is 18.3 Å². The summed E-state index contributed by atoms with van der Waals surface area (Å²) < 4.78 is 14.3. The number of rotatable bonds is 4. The van der Waals surface area contributed by atoms with Crippen molar-refractivity contribution in [1.29, 1.82) is 0 Å². The van der Waals surface area contributed by atoms with Crippen LogP contribution in [0.25, 0.3) is 0 Å². The van der Waals surface area contributed by atoms with Gasteiger partial charge < -0.3 is 5.32 Å². The summed E-state index contributed by atoms with van der Waals surface area (Å²) in [5.41, 5.74) is 1.14. The zero-order chi connectivity index (χ0) is 13.9. The number of nitrogens with one attached hydrogen (secondary N) is 1. The molecule has 1 N–H and O–H groups in total. The first-order valence-electron chi connectivity index (χ1n) is 6.64. The number of nitrogens with zero attached hydrogens (tertiary/aromatic N) is 3. The Morgan fingerprint density at radius 3 is 2.80 bits per heavy atom. The summed E-state index contributed by atoms with van der Waals surface area (Å²) in [6, 6.07) is 3.33. The van der Waals surface area contributed by atoms with Crippen molar-refractivity contribution in [3.8, 4) is 0 Å². The Morgan fingerprint density at radius 1 is 1.30 bits per heavy atom. The Labute approximate surface area is 115 Å². The minimum absolute atomic E-state index is 0.210. The zero-order valence-electron chi connectivity index (χ0n) is 10.9. The molecule has 5 nitrogen and oxygen atoms in total. The van der Waals surface area contributed by atoms with Crippen LogP contribution in [0.4, 0.5) is 10.1 Å². The quantitative estimate of drug-likeness (QED) is 0.923. The lowest BCUT2D eigenvalue weighted by Gasteiger charge is -2.27. The molecule has 1 saturated carbocycles. The van der Waals surface area contributed by atoms with Gasteiger partial charge in [-0.05, 0) is 30.9 Å². The number of anilines is 1. The van der Waals surface area contributed by atoms with E-state index in [-0.39, 0.29) is 12.1 Å². The summed E-state index contributed by atoms with van der Waals surface area (Å²) in [6.45, 7) is 0.216. The topological polar surface area (TPSA) is 59.8 Å². The Hall–Kier alpha value is -2.24. The molecule has 0 atom stereocenters. The third-order valence-corrected chi connectivity index (χ3v) is 3.44. The molecule has 0 aromatic carbocycles. The first-order valence-corrected chi connectivity index (χ1v) is 6.64. The molecular weight excluding hydrogens is 259 g/mol. The minimum atomic E-state index is -0.418. The molecule has 104 valence electrons. The SMILES string of the molecule is O=c1cc(NC2CCC2)cnn1Cc1cncc(F)c1. The molecule has 2 heterocycles. The fraction of sp³-hybridized carbons (Fsp3) is 0.357. The average molecular weight is 274 g/mol. The first kappa shape index (κ1) is 12.8. The van der Waals surface area contributed by atoms with E-state index >= 15 is 0 Å². The van der Waals surface area contributed by atoms with Crippen LogP contribution in [0, 0.1) is 5.82 Å². The van der Waals surface area contributed by atoms with Crippen molar-refractivity contribution in [2.75, 3.05) is 5.32 Å². The minimum Gasteiger partial charge on any atom is -0.381 e. The molecule has 0 bridgehead atoms. The molecule has 2 aromatic rings. The van der Waals surface area contributed by atoms with Gasteiger partial charge in [0.2, 0.25) is 0 Å². The molecule has 0 saturated heterocycles. The standard InChI is InChI=1S/C14H15FN4O/c15-11-4-10(6-16-7-11)9-19-14(20)5-13(8-17-19)18-12-2-1-3-12/h4-8,12,18H,1-3,9H2. The molecule has 1 aliphatic rings. The van der Waals surface area contributed by atoms with Gasteiger partial charge in [-0.2, -0.15) is 5.10 Å². The summed E-state index contributed by atoms with van der Waals surface area (Å²) in [7, 11) is 0. The second-order valence-electron chi connectivity index (χ2n) is 5.02. The van der Waals surface area contributed by atoms with E-state index in [1.807, 2.05) is 0 Å². The smallest absolute Gasteiger partial charge is 0.269 e. The Morgan fingerprint density at radius 2 is 2.15 bits per heavy atom. The Kier molecular flexibility index (Phi) is 3.45. The van der Waals surface area contributed by atoms with Crippen LogP contribution in [-0.4, -0.2) is 20.8 Å². The molecule has 0 unspecified atom stereocenters. The van der Waals surface area contributed by atoms with Gasteiger partial charge in [-0.1, -0.05) is 0 Å². The first-order chi connectivity index (χ1) is 9.70. The van der Waals surface area contributed by atoms with Crippen LogP contribution in [0.2, 0.25) is 0 Å². The van der Waals surface area contributed by atoms with Gasteiger partial charge in [-0.3, -0.25) is 9.78 Å². The highest BCUT2D eigenvalue weighted by atomic mass is 19.1. The van der Waals surface area contributed by atoms with Crippen molar-refractivity contribution in [1.82, 2.24) is 14.8 Å². The summed E-state index contributed by atoms with van der Waals surface area (Å²) in [5.74, 6) is -0.418. The lowest BCUT2D eigenvalue weighted by molar-refractivity contribution is 0.445. The third kappa shape index (κ3) is 2.84. The van der Waals surface area contributed by atoms with E-state index in [0.29, 0.717) is 11.6 Å². The van der Waals surface area contributed by atoms with Crippen molar-refractivity contribution >= 4 is 5.69 Å². The van der Waals surface area contributed by atoms with Gasteiger partial charge in [-0.15, -0.1) is 0 Å². The van der Waals surface area contributed by atoms with E-state index < -0.39 is 5.82 Å². The molecule has 1 fully saturated rings. The normalized spacial score (nSPS) is 14.8. The van der Waals surface area contributed by atoms with Crippen LogP contribution in [0.1, 0.15) is 24.8 Å². The van der Waals surface area contributed by atoms with Crippen molar-refractivity contribution in [3.63, 3.8) is 0 Å². The predicted octanol–water partition coefficient (Wildman–Crippen LogP) is 1.79. The van der Waals surface area contributed by atoms with Crippen molar-refractivity contribution in [3.05, 3.63) is 52.5 Å². The van der Waals surface area contributed by atoms with Gasteiger partial charge in [0.1, 0.15) is 5.82 Å². The fourth-order valence-electron chi connectivity index (χ4n) is 2.13. The number of halogens is 1. The summed E-state index contributed by atoms with van der Waals surface area (Å²) in [5, 5.41) is 7.38. The van der Waals surface area contributed by atoms with Gasteiger partial charge in [0.05, 0.1) is 24.6 Å². The highest BCUT2D eigenvalue weighted by Gasteiger charge is 2.17. The second-order valence-corrected chi connectivity index (χ2v) is 5.02. The van der Waals surface area contributed by atoms with E-state index in [0.717, 1.165) is 24.7 Å². The molecule has 20 heavy (non-hydrogen) atoms. The monoisotopic (exact) mass is 274 g/mol. The molecule has 0 radical (unpaired) electrons. The Bertz CT molecular complexity index is 666. The van der Waals surface area contributed by atoms with E-state index in [1.54, 1.807) is 6.20 Å². The number of hydrogen-bond acceptors (Lipinski definition) is 4. The summed E-state index contributed by atoms with van der Waals surface area (Å²) in [6.07, 6.45) is 7.79. The largest absolute Gasteiger partial charge is 0.381 e. The molecule has 2 aromatic heterocycles. The highest BCUT2D eigenvalue weighted by molar-refractivity contribution is 5.40. The predicted molar refractivity (Wildman–Crippen MR) is 73.1 cm³/mol. The molecule has 0 aliphatic heterocycles. The van der Waals surface area contributed by atoms with Gasteiger partial charge in [-0.25, -0.2) is 9.07 Å². The number of pyridine rings is 1. The highest BCUT2D eigenvalue weighted by Crippen LogP contribution is 2.22. The molecular formula is C14H15FN4O. The van der Waals surface area contributed by atoms with E-state index in [4.69, 9.17) is 0 Å². The van der Waals surface area contributed by atoms with E-state index in [2.05, 4.69) is 15.4 Å². The van der Waals surface area contributed by atoms with Crippen LogP contribution in [0.15, 0.2) is 35.5 Å². The molecule has 3 rings (SSSR count). The van der Waals surface area contributed by atoms with Crippen molar-refractivity contribution in [2.24, 2.45) is 0 Å². The van der Waals surface area contributed by atoms with Crippen molar-refractivity contribution in [2.45, 2.75) is 31.8 Å². The lowest BCUT2D eigenvalue weighted by atomic mass is 9.93. The average Bonchev–Trinajstić information content (AvgIpc) is 2.37. The van der Waals surface area contributed by atoms with Crippen molar-refractivity contribution < 1.29 is 4.39 Å². The van der Waals surface area contributed by atoms with E-state index in [9.17, 15) is 9.18 Å². The molecule has 6 heteroatoms. The molecule has 0 amide bonds. The summed E-state index contributed by atoms with van der Waals surface area (Å²) >= 11 is 0. The van der Waals surface area contributed by atoms with Crippen LogP contribution in [0.3, 0.4) is 0 Å². The zero-order valence-corrected chi connectivity index (χ0v) is 10.9. The third-order valence-electron chi connectivity index (χ3n) is 3.44. The Balaban J connectivity index is 1.75. The maximum atomic E-state index is 13.0. The fourth-order valence-corrected chi connectivity index (χ4v) is 2.13. The second kappa shape index (κ2) is 5.40. The molecule has 0 spiro atoms. The maximum absolute atomic E-state index is 13.0. The molecule has 1 aliphatic carbocycles. The van der Waals surface area contributed by atoms with Gasteiger partial charge >= 0.3 is 0 Å². The maximum Gasteiger partial charge on any atom is 0.269 e. The summed E-state index contributed by atoms with van der Waals surface area (Å²) in [4.78, 5) is 15.7. The van der Waals surface area contributed by atoms with Crippen LogP contribution >= 0.6 is 0 Å². The van der Waals surface area contributed by atoms with Crippen LogP contribution in [0.5, 0.6) is 0 Å². The van der Waals surface area contributed by atoms with E-state index in [1.165, 1.54) is 29.4 Å². The number of hydrogen-bond donors (Lipinski definition) is 1. The van der Waals surface area contributed by atoms with Gasteiger partial charge in [0.25, 0.3) is 5.56 Å². The van der Waals surface area contributed by atoms with Gasteiger partial charge in [0.15, 0.2) is 0 Å².